The second kappa shape index (κ2) is 7.48. The Labute approximate surface area is 158 Å². The number of halogens is 1. The van der Waals surface area contributed by atoms with Crippen molar-refractivity contribution in [1.82, 2.24) is 14.9 Å². The molecule has 1 aromatic carbocycles. The minimum absolute atomic E-state index is 0.00398. The lowest BCUT2D eigenvalue weighted by Crippen LogP contribution is -2.26. The molecule has 1 aliphatic carbocycles. The third-order valence-electron chi connectivity index (χ3n) is 3.54. The second-order valence-corrected chi connectivity index (χ2v) is 9.37. The molecule has 0 bridgehead atoms. The summed E-state index contributed by atoms with van der Waals surface area (Å²) in [4.78, 5) is 12.6. The summed E-state index contributed by atoms with van der Waals surface area (Å²) in [5, 5.41) is 11.9. The van der Waals surface area contributed by atoms with Crippen molar-refractivity contribution in [1.29, 1.82) is 0 Å². The van der Waals surface area contributed by atoms with Crippen LogP contribution in [0.15, 0.2) is 27.6 Å². The van der Waals surface area contributed by atoms with Crippen molar-refractivity contribution < 1.29 is 13.2 Å². The fourth-order valence-electron chi connectivity index (χ4n) is 2.12. The van der Waals surface area contributed by atoms with Crippen LogP contribution in [-0.4, -0.2) is 30.6 Å². The first kappa shape index (κ1) is 18.4. The van der Waals surface area contributed by atoms with Crippen LogP contribution < -0.4 is 10.0 Å². The second-order valence-electron chi connectivity index (χ2n) is 5.74. The minimum Gasteiger partial charge on any atom is -0.296 e. The Morgan fingerprint density at radius 3 is 2.80 bits per heavy atom. The van der Waals surface area contributed by atoms with Gasteiger partial charge in [0.25, 0.3) is 5.91 Å². The number of sulfonamides is 1. The smallest absolute Gasteiger partial charge is 0.258 e. The van der Waals surface area contributed by atoms with Crippen molar-refractivity contribution in [2.45, 2.75) is 43.5 Å². The number of hydrogen-bond donors (Lipinski definition) is 2. The molecular formula is C15H17BrN4O3S2. The van der Waals surface area contributed by atoms with Crippen molar-refractivity contribution >= 4 is 48.3 Å². The summed E-state index contributed by atoms with van der Waals surface area (Å²) in [6.07, 6.45) is 3.44. The Bertz CT molecular complexity index is 894. The summed E-state index contributed by atoms with van der Waals surface area (Å²) < 4.78 is 27.8. The van der Waals surface area contributed by atoms with E-state index >= 15 is 0 Å². The van der Waals surface area contributed by atoms with Crippen molar-refractivity contribution in [3.63, 3.8) is 0 Å². The molecule has 0 saturated heterocycles. The number of aromatic nitrogens is 2. The molecule has 25 heavy (non-hydrogen) atoms. The van der Waals surface area contributed by atoms with E-state index < -0.39 is 15.9 Å². The number of aryl methyl sites for hydroxylation is 1. The fraction of sp³-hybridized carbons (Fsp3) is 0.400. The SMILES string of the molecule is CCCc1nnc(NC(=O)c2cc(S(=O)(=O)NC3CC3)ccc2Br)s1. The molecule has 1 saturated carbocycles. The molecule has 0 unspecified atom stereocenters. The van der Waals surface area contributed by atoms with E-state index in [1.54, 1.807) is 6.07 Å². The van der Waals surface area contributed by atoms with Gasteiger partial charge in [-0.2, -0.15) is 0 Å². The molecule has 1 heterocycles. The Morgan fingerprint density at radius 1 is 1.36 bits per heavy atom. The number of nitrogens with zero attached hydrogens (tertiary/aromatic N) is 2. The number of amides is 1. The van der Waals surface area contributed by atoms with E-state index in [-0.39, 0.29) is 16.5 Å². The summed E-state index contributed by atoms with van der Waals surface area (Å²) in [7, 11) is -3.62. The molecule has 10 heteroatoms. The Hall–Kier alpha value is -1.36. The molecule has 0 aliphatic heterocycles. The van der Waals surface area contributed by atoms with Crippen LogP contribution in [-0.2, 0) is 16.4 Å². The van der Waals surface area contributed by atoms with Crippen LogP contribution in [0.1, 0.15) is 41.6 Å². The summed E-state index contributed by atoms with van der Waals surface area (Å²) in [5.74, 6) is -0.436. The largest absolute Gasteiger partial charge is 0.296 e. The predicted octanol–water partition coefficient (Wildman–Crippen LogP) is 2.95. The first-order valence-electron chi connectivity index (χ1n) is 7.84. The number of carbonyl (C=O) groups is 1. The highest BCUT2D eigenvalue weighted by molar-refractivity contribution is 9.10. The van der Waals surface area contributed by atoms with Crippen LogP contribution in [0.25, 0.3) is 0 Å². The maximum atomic E-state index is 12.5. The highest BCUT2D eigenvalue weighted by Crippen LogP contribution is 2.26. The topological polar surface area (TPSA) is 101 Å². The Morgan fingerprint density at radius 2 is 2.12 bits per heavy atom. The van der Waals surface area contributed by atoms with Crippen LogP contribution in [0.4, 0.5) is 5.13 Å². The number of anilines is 1. The van der Waals surface area contributed by atoms with Crippen LogP contribution in [0.3, 0.4) is 0 Å². The van der Waals surface area contributed by atoms with E-state index in [0.29, 0.717) is 9.60 Å². The van der Waals surface area contributed by atoms with Crippen LogP contribution >= 0.6 is 27.3 Å². The summed E-state index contributed by atoms with van der Waals surface area (Å²) in [5.41, 5.74) is 0.228. The first-order chi connectivity index (χ1) is 11.9. The standard InChI is InChI=1S/C15H17BrN4O3S2/c1-2-3-13-18-19-15(24-13)17-14(21)11-8-10(6-7-12(11)16)25(22,23)20-9-4-5-9/h6-9,20H,2-5H2,1H3,(H,17,19,21). The molecule has 0 spiro atoms. The van der Waals surface area contributed by atoms with Crippen molar-refractivity contribution in [3.8, 4) is 0 Å². The zero-order valence-corrected chi connectivity index (χ0v) is 16.7. The molecular weight excluding hydrogens is 428 g/mol. The number of benzene rings is 1. The molecule has 1 fully saturated rings. The van der Waals surface area contributed by atoms with E-state index in [4.69, 9.17) is 0 Å². The van der Waals surface area contributed by atoms with Gasteiger partial charge in [-0.3, -0.25) is 10.1 Å². The summed E-state index contributed by atoms with van der Waals surface area (Å²) >= 11 is 4.61. The normalized spacial score (nSPS) is 14.5. The van der Waals surface area contributed by atoms with Gasteiger partial charge in [-0.1, -0.05) is 18.3 Å². The lowest BCUT2D eigenvalue weighted by atomic mass is 10.2. The van der Waals surface area contributed by atoms with Crippen molar-refractivity contribution in [2.24, 2.45) is 0 Å². The maximum Gasteiger partial charge on any atom is 0.258 e. The molecule has 0 atom stereocenters. The zero-order valence-electron chi connectivity index (χ0n) is 13.5. The molecule has 1 amide bonds. The van der Waals surface area contributed by atoms with Crippen molar-refractivity contribution in [3.05, 3.63) is 33.2 Å². The molecule has 0 radical (unpaired) electrons. The fourth-order valence-corrected chi connectivity index (χ4v) is 4.71. The van der Waals surface area contributed by atoms with E-state index in [1.165, 1.54) is 23.5 Å². The molecule has 1 aliphatic rings. The third-order valence-corrected chi connectivity index (χ3v) is 6.65. The average molecular weight is 445 g/mol. The number of nitrogens with one attached hydrogen (secondary N) is 2. The van der Waals surface area contributed by atoms with Gasteiger partial charge in [0, 0.05) is 16.9 Å². The highest BCUT2D eigenvalue weighted by atomic mass is 79.9. The van der Waals surface area contributed by atoms with E-state index in [0.717, 1.165) is 30.7 Å². The summed E-state index contributed by atoms with van der Waals surface area (Å²) in [6, 6.07) is 4.39. The van der Waals surface area contributed by atoms with Crippen LogP contribution in [0.2, 0.25) is 0 Å². The quantitative estimate of drug-likeness (QED) is 0.683. The zero-order chi connectivity index (χ0) is 18.0. The first-order valence-corrected chi connectivity index (χ1v) is 10.9. The molecule has 134 valence electrons. The van der Waals surface area contributed by atoms with Crippen molar-refractivity contribution in [2.75, 3.05) is 5.32 Å². The molecule has 2 N–H and O–H groups in total. The summed E-state index contributed by atoms with van der Waals surface area (Å²) in [6.45, 7) is 2.04. The van der Waals surface area contributed by atoms with Gasteiger partial charge in [-0.25, -0.2) is 13.1 Å². The van der Waals surface area contributed by atoms with Gasteiger partial charge in [0.2, 0.25) is 15.2 Å². The molecule has 3 rings (SSSR count). The monoisotopic (exact) mass is 444 g/mol. The lowest BCUT2D eigenvalue weighted by molar-refractivity contribution is 0.102. The number of carbonyl (C=O) groups excluding carboxylic acids is 1. The Balaban J connectivity index is 1.80. The highest BCUT2D eigenvalue weighted by Gasteiger charge is 2.28. The van der Waals surface area contributed by atoms with Gasteiger partial charge in [0.05, 0.1) is 10.5 Å². The van der Waals surface area contributed by atoms with Gasteiger partial charge in [-0.05, 0) is 53.4 Å². The minimum atomic E-state index is -3.62. The third kappa shape index (κ3) is 4.63. The van der Waals surface area contributed by atoms with Crippen LogP contribution in [0, 0.1) is 0 Å². The Kier molecular flexibility index (Phi) is 5.52. The van der Waals surface area contributed by atoms with E-state index in [1.807, 2.05) is 6.92 Å². The lowest BCUT2D eigenvalue weighted by Gasteiger charge is -2.09. The predicted molar refractivity (Wildman–Crippen MR) is 99.3 cm³/mol. The van der Waals surface area contributed by atoms with Crippen LogP contribution in [0.5, 0.6) is 0 Å². The maximum absolute atomic E-state index is 12.5. The van der Waals surface area contributed by atoms with E-state index in [9.17, 15) is 13.2 Å². The average Bonchev–Trinajstić information content (AvgIpc) is 3.25. The van der Waals surface area contributed by atoms with Gasteiger partial charge in [0.15, 0.2) is 0 Å². The molecule has 7 nitrogen and oxygen atoms in total. The molecule has 2 aromatic rings. The molecule has 1 aromatic heterocycles. The number of rotatable bonds is 7. The van der Waals surface area contributed by atoms with Gasteiger partial charge in [0.1, 0.15) is 5.01 Å². The number of hydrogen-bond acceptors (Lipinski definition) is 6. The van der Waals surface area contributed by atoms with Gasteiger partial charge >= 0.3 is 0 Å². The van der Waals surface area contributed by atoms with E-state index in [2.05, 4.69) is 36.2 Å². The van der Waals surface area contributed by atoms with Gasteiger partial charge in [-0.15, -0.1) is 10.2 Å². The van der Waals surface area contributed by atoms with Gasteiger partial charge < -0.3 is 0 Å².